The molecule has 1 aromatic heterocycles. The van der Waals surface area contributed by atoms with Gasteiger partial charge in [0.25, 0.3) is 0 Å². The number of amides is 1. The zero-order valence-electron chi connectivity index (χ0n) is 22.0. The molecule has 1 fully saturated rings. The van der Waals surface area contributed by atoms with E-state index in [1.165, 1.54) is 0 Å². The summed E-state index contributed by atoms with van der Waals surface area (Å²) in [4.78, 5) is 23.0. The van der Waals surface area contributed by atoms with Crippen molar-refractivity contribution in [3.8, 4) is 5.75 Å². The minimum atomic E-state index is -0.359. The average molecular weight is 490 g/mol. The maximum Gasteiger partial charge on any atom is 0.226 e. The number of carbonyl (C=O) groups excluding carboxylic acids is 1. The van der Waals surface area contributed by atoms with Gasteiger partial charge in [0.1, 0.15) is 11.6 Å². The summed E-state index contributed by atoms with van der Waals surface area (Å²) in [5.41, 5.74) is 4.19. The van der Waals surface area contributed by atoms with E-state index in [1.54, 1.807) is 7.11 Å². The van der Waals surface area contributed by atoms with Gasteiger partial charge in [-0.25, -0.2) is 4.98 Å². The summed E-state index contributed by atoms with van der Waals surface area (Å²) in [5, 5.41) is 11.5. The van der Waals surface area contributed by atoms with Crippen molar-refractivity contribution < 1.29 is 14.6 Å². The Morgan fingerprint density at radius 2 is 1.92 bits per heavy atom. The number of carbonyl (C=O) groups is 1. The Morgan fingerprint density at radius 1 is 1.17 bits per heavy atom. The number of ether oxygens (including phenoxy) is 1. The number of rotatable bonds is 9. The predicted octanol–water partition coefficient (Wildman–Crippen LogP) is 5.48. The van der Waals surface area contributed by atoms with Crippen LogP contribution in [0, 0.1) is 12.8 Å². The van der Waals surface area contributed by atoms with Crippen molar-refractivity contribution in [3.05, 3.63) is 65.2 Å². The van der Waals surface area contributed by atoms with E-state index in [0.29, 0.717) is 19.6 Å². The van der Waals surface area contributed by atoms with Crippen molar-refractivity contribution in [2.24, 2.45) is 5.92 Å². The van der Waals surface area contributed by atoms with Gasteiger partial charge in [-0.1, -0.05) is 44.2 Å². The van der Waals surface area contributed by atoms with Crippen molar-refractivity contribution in [3.63, 3.8) is 0 Å². The van der Waals surface area contributed by atoms with Gasteiger partial charge in [0.2, 0.25) is 5.91 Å². The summed E-state index contributed by atoms with van der Waals surface area (Å²) < 4.78 is 5.32. The highest BCUT2D eigenvalue weighted by molar-refractivity contribution is 5.85. The molecule has 1 unspecified atom stereocenters. The zero-order valence-corrected chi connectivity index (χ0v) is 22.0. The summed E-state index contributed by atoms with van der Waals surface area (Å²) in [6, 6.07) is 16.3. The first-order chi connectivity index (χ1) is 17.4. The Balaban J connectivity index is 1.75. The van der Waals surface area contributed by atoms with Crippen LogP contribution in [0.2, 0.25) is 0 Å². The molecular weight excluding hydrogens is 450 g/mol. The molecule has 0 bridgehead atoms. The number of hydrogen-bond acceptors (Lipinski definition) is 5. The summed E-state index contributed by atoms with van der Waals surface area (Å²) >= 11 is 0. The van der Waals surface area contributed by atoms with E-state index in [4.69, 9.17) is 9.72 Å². The first kappa shape index (κ1) is 26.0. The number of aliphatic hydroxyl groups excluding tert-OH is 1. The molecule has 2 aromatic carbocycles. The summed E-state index contributed by atoms with van der Waals surface area (Å²) in [5.74, 6) is 1.84. The number of β-amino-alcohol motifs (C(OH)–C–C–N with tert-alkyl or cyclic N) is 1. The van der Waals surface area contributed by atoms with Crippen LogP contribution in [0.25, 0.3) is 10.9 Å². The number of aromatic nitrogens is 1. The Bertz CT molecular complexity index is 1170. The monoisotopic (exact) mass is 489 g/mol. The van der Waals surface area contributed by atoms with Crippen molar-refractivity contribution >= 4 is 22.6 Å². The standard InChI is InChI=1S/C30H39N3O3/c1-5-23(6-2)30(35)33(18-22-12-14-27(36-4)15-13-22)19-25-17-24-10-7-9-21(3)28(24)31-29(25)32-16-8-11-26(34)20-32/h7,9-10,12-15,17,23,26,34H,5-6,8,11,16,18-20H2,1-4H3. The molecule has 0 aliphatic carbocycles. The third-order valence-electron chi connectivity index (χ3n) is 7.34. The maximum atomic E-state index is 13.7. The van der Waals surface area contributed by atoms with E-state index in [2.05, 4.69) is 49.9 Å². The Labute approximate surface area is 214 Å². The van der Waals surface area contributed by atoms with Crippen LogP contribution in [0.5, 0.6) is 5.75 Å². The lowest BCUT2D eigenvalue weighted by molar-refractivity contribution is -0.137. The molecule has 6 nitrogen and oxygen atoms in total. The predicted molar refractivity (Wildman–Crippen MR) is 145 cm³/mol. The number of hydrogen-bond donors (Lipinski definition) is 1. The van der Waals surface area contributed by atoms with Gasteiger partial charge in [-0.05, 0) is 61.9 Å². The first-order valence-electron chi connectivity index (χ1n) is 13.2. The van der Waals surface area contributed by atoms with Crippen LogP contribution in [0.4, 0.5) is 5.82 Å². The minimum Gasteiger partial charge on any atom is -0.497 e. The van der Waals surface area contributed by atoms with Gasteiger partial charge in [-0.15, -0.1) is 0 Å². The van der Waals surface area contributed by atoms with Crippen LogP contribution in [-0.2, 0) is 17.9 Å². The third kappa shape index (κ3) is 5.81. The van der Waals surface area contributed by atoms with Crippen molar-refractivity contribution in [2.45, 2.75) is 65.6 Å². The van der Waals surface area contributed by atoms with Crippen LogP contribution in [0.1, 0.15) is 56.2 Å². The summed E-state index contributed by atoms with van der Waals surface area (Å²) in [7, 11) is 1.66. The molecule has 0 radical (unpaired) electrons. The molecule has 192 valence electrons. The van der Waals surface area contributed by atoms with Crippen molar-refractivity contribution in [1.82, 2.24) is 9.88 Å². The molecule has 1 amide bonds. The van der Waals surface area contributed by atoms with Crippen LogP contribution >= 0.6 is 0 Å². The van der Waals surface area contributed by atoms with Crippen molar-refractivity contribution in [2.75, 3.05) is 25.1 Å². The van der Waals surface area contributed by atoms with Crippen LogP contribution in [0.3, 0.4) is 0 Å². The quantitative estimate of drug-likeness (QED) is 0.431. The van der Waals surface area contributed by atoms with E-state index in [1.807, 2.05) is 29.2 Å². The fourth-order valence-electron chi connectivity index (χ4n) is 5.18. The fraction of sp³-hybridized carbons (Fsp3) is 0.467. The highest BCUT2D eigenvalue weighted by Crippen LogP contribution is 2.30. The Morgan fingerprint density at radius 3 is 2.58 bits per heavy atom. The molecule has 1 N–H and O–H groups in total. The minimum absolute atomic E-state index is 0.0147. The van der Waals surface area contributed by atoms with E-state index in [0.717, 1.165) is 71.4 Å². The number of aryl methyl sites for hydroxylation is 1. The Hall–Kier alpha value is -3.12. The van der Waals surface area contributed by atoms with Crippen molar-refractivity contribution in [1.29, 1.82) is 0 Å². The lowest BCUT2D eigenvalue weighted by Crippen LogP contribution is -2.40. The third-order valence-corrected chi connectivity index (χ3v) is 7.34. The first-order valence-corrected chi connectivity index (χ1v) is 13.2. The largest absolute Gasteiger partial charge is 0.497 e. The van der Waals surface area contributed by atoms with Gasteiger partial charge in [0.15, 0.2) is 0 Å². The average Bonchev–Trinajstić information content (AvgIpc) is 2.89. The van der Waals surface area contributed by atoms with Gasteiger partial charge >= 0.3 is 0 Å². The maximum absolute atomic E-state index is 13.7. The van der Waals surface area contributed by atoms with E-state index < -0.39 is 0 Å². The molecule has 6 heteroatoms. The molecule has 1 aliphatic heterocycles. The number of fused-ring (bicyclic) bond motifs is 1. The Kier molecular flexibility index (Phi) is 8.47. The lowest BCUT2D eigenvalue weighted by atomic mass is 10.00. The normalized spacial score (nSPS) is 15.9. The number of nitrogens with zero attached hydrogens (tertiary/aromatic N) is 3. The second-order valence-electron chi connectivity index (χ2n) is 9.92. The topological polar surface area (TPSA) is 65.9 Å². The zero-order chi connectivity index (χ0) is 25.7. The molecule has 36 heavy (non-hydrogen) atoms. The molecule has 1 atom stereocenters. The fourth-order valence-corrected chi connectivity index (χ4v) is 5.18. The number of piperidine rings is 1. The molecule has 4 rings (SSSR count). The number of anilines is 1. The second kappa shape index (κ2) is 11.7. The molecule has 3 aromatic rings. The molecule has 0 spiro atoms. The smallest absolute Gasteiger partial charge is 0.226 e. The molecular formula is C30H39N3O3. The highest BCUT2D eigenvalue weighted by Gasteiger charge is 2.26. The number of benzene rings is 2. The van der Waals surface area contributed by atoms with E-state index >= 15 is 0 Å². The second-order valence-corrected chi connectivity index (χ2v) is 9.92. The van der Waals surface area contributed by atoms with Crippen LogP contribution in [-0.4, -0.2) is 47.2 Å². The SMILES string of the molecule is CCC(CC)C(=O)N(Cc1ccc(OC)cc1)Cc1cc2cccc(C)c2nc1N1CCCC(O)C1. The van der Waals surface area contributed by atoms with Gasteiger partial charge in [0.05, 0.1) is 18.7 Å². The molecule has 1 saturated heterocycles. The lowest BCUT2D eigenvalue weighted by Gasteiger charge is -2.34. The number of methoxy groups -OCH3 is 1. The number of pyridine rings is 1. The highest BCUT2D eigenvalue weighted by atomic mass is 16.5. The van der Waals surface area contributed by atoms with E-state index in [9.17, 15) is 9.90 Å². The van der Waals surface area contributed by atoms with Gasteiger partial charge in [-0.2, -0.15) is 0 Å². The summed E-state index contributed by atoms with van der Waals surface area (Å²) in [6.45, 7) is 8.66. The van der Waals surface area contributed by atoms with Gasteiger partial charge in [-0.3, -0.25) is 4.79 Å². The van der Waals surface area contributed by atoms with Gasteiger partial charge < -0.3 is 19.6 Å². The molecule has 2 heterocycles. The molecule has 1 aliphatic rings. The molecule has 0 saturated carbocycles. The number of para-hydroxylation sites is 1. The van der Waals surface area contributed by atoms with Gasteiger partial charge in [0, 0.05) is 43.0 Å². The van der Waals surface area contributed by atoms with Crippen LogP contribution < -0.4 is 9.64 Å². The van der Waals surface area contributed by atoms with E-state index in [-0.39, 0.29) is 17.9 Å². The number of aliphatic hydroxyl groups is 1. The van der Waals surface area contributed by atoms with Crippen LogP contribution in [0.15, 0.2) is 48.5 Å². The summed E-state index contributed by atoms with van der Waals surface area (Å²) in [6.07, 6.45) is 3.01.